The van der Waals surface area contributed by atoms with E-state index in [1.54, 1.807) is 11.8 Å². The number of allylic oxidation sites excluding steroid dienone is 1. The molecule has 4 aromatic rings. The van der Waals surface area contributed by atoms with Crippen LogP contribution in [0.15, 0.2) is 89.2 Å². The van der Waals surface area contributed by atoms with E-state index in [4.69, 9.17) is 26.4 Å². The average molecular weight is 532 g/mol. The predicted octanol–water partition coefficient (Wildman–Crippen LogP) is 6.47. The fourth-order valence-electron chi connectivity index (χ4n) is 4.28. The third-order valence-corrected chi connectivity index (χ3v) is 7.28. The standard InChI is InChI=1S/C28H26ClN5O2S/c1-17-8-4-5-13-23(17)31-26(35)24-18(2)30-27-32-28(37-16-19-9-6-12-22(14-19)36-3)33-34(27)25(24)20-10-7-11-21(29)15-20/h4-15,25H,16H2,1-3H3,(H,31,35)(H,30,32,33). The molecule has 188 valence electrons. The molecule has 1 atom stereocenters. The molecular formula is C28H26ClN5O2S. The average Bonchev–Trinajstić information content (AvgIpc) is 3.30. The molecule has 0 aliphatic carbocycles. The minimum atomic E-state index is -0.502. The van der Waals surface area contributed by atoms with E-state index in [0.717, 1.165) is 28.1 Å². The molecule has 0 saturated carbocycles. The number of aromatic nitrogens is 3. The normalized spacial score (nSPS) is 14.6. The van der Waals surface area contributed by atoms with Gasteiger partial charge in [-0.2, -0.15) is 4.98 Å². The summed E-state index contributed by atoms with van der Waals surface area (Å²) < 4.78 is 7.10. The van der Waals surface area contributed by atoms with Gasteiger partial charge in [0.25, 0.3) is 5.91 Å². The van der Waals surface area contributed by atoms with Gasteiger partial charge < -0.3 is 15.4 Å². The molecule has 5 rings (SSSR count). The number of ether oxygens (including phenoxy) is 1. The van der Waals surface area contributed by atoms with Crippen molar-refractivity contribution in [3.8, 4) is 5.75 Å². The van der Waals surface area contributed by atoms with Crippen molar-refractivity contribution in [2.75, 3.05) is 17.7 Å². The number of hydrogen-bond acceptors (Lipinski definition) is 6. The minimum Gasteiger partial charge on any atom is -0.497 e. The van der Waals surface area contributed by atoms with Crippen LogP contribution in [0.1, 0.15) is 29.7 Å². The lowest BCUT2D eigenvalue weighted by atomic mass is 9.95. The number of aryl methyl sites for hydroxylation is 1. The Morgan fingerprint density at radius 2 is 1.92 bits per heavy atom. The van der Waals surface area contributed by atoms with Gasteiger partial charge in [0, 0.05) is 22.2 Å². The Morgan fingerprint density at radius 1 is 1.11 bits per heavy atom. The minimum absolute atomic E-state index is 0.212. The monoisotopic (exact) mass is 531 g/mol. The lowest BCUT2D eigenvalue weighted by Crippen LogP contribution is -2.31. The van der Waals surface area contributed by atoms with Gasteiger partial charge in [-0.05, 0) is 60.9 Å². The molecular weight excluding hydrogens is 506 g/mol. The van der Waals surface area contributed by atoms with Crippen molar-refractivity contribution in [3.63, 3.8) is 0 Å². The van der Waals surface area contributed by atoms with Crippen molar-refractivity contribution in [1.82, 2.24) is 14.8 Å². The molecule has 0 saturated heterocycles. The van der Waals surface area contributed by atoms with E-state index in [1.165, 1.54) is 11.8 Å². The van der Waals surface area contributed by atoms with Gasteiger partial charge in [0.1, 0.15) is 11.8 Å². The molecule has 37 heavy (non-hydrogen) atoms. The van der Waals surface area contributed by atoms with E-state index in [-0.39, 0.29) is 5.91 Å². The number of rotatable bonds is 7. The number of nitrogens with one attached hydrogen (secondary N) is 2. The summed E-state index contributed by atoms with van der Waals surface area (Å²) in [6.07, 6.45) is 0. The summed E-state index contributed by atoms with van der Waals surface area (Å²) in [7, 11) is 1.65. The number of benzene rings is 3. The molecule has 3 aromatic carbocycles. The number of thioether (sulfide) groups is 1. The summed E-state index contributed by atoms with van der Waals surface area (Å²) in [6, 6.07) is 22.6. The smallest absolute Gasteiger partial charge is 0.255 e. The quantitative estimate of drug-likeness (QED) is 0.266. The zero-order chi connectivity index (χ0) is 25.9. The second-order valence-electron chi connectivity index (χ2n) is 8.69. The van der Waals surface area contributed by atoms with Crippen LogP contribution >= 0.6 is 23.4 Å². The molecule has 7 nitrogen and oxygen atoms in total. The topological polar surface area (TPSA) is 81.1 Å². The summed E-state index contributed by atoms with van der Waals surface area (Å²) in [4.78, 5) is 18.4. The van der Waals surface area contributed by atoms with Crippen molar-refractivity contribution in [2.24, 2.45) is 0 Å². The summed E-state index contributed by atoms with van der Waals surface area (Å²) in [5.41, 5.74) is 4.95. The van der Waals surface area contributed by atoms with Crippen molar-refractivity contribution in [1.29, 1.82) is 0 Å². The fourth-order valence-corrected chi connectivity index (χ4v) is 5.26. The number of hydrogen-bond donors (Lipinski definition) is 2. The van der Waals surface area contributed by atoms with Gasteiger partial charge in [0.2, 0.25) is 11.1 Å². The molecule has 0 fully saturated rings. The number of amides is 1. The van der Waals surface area contributed by atoms with Crippen LogP contribution in [-0.4, -0.2) is 27.8 Å². The lowest BCUT2D eigenvalue weighted by molar-refractivity contribution is -0.113. The Labute approximate surface area is 224 Å². The van der Waals surface area contributed by atoms with Crippen LogP contribution < -0.4 is 15.4 Å². The molecule has 2 heterocycles. The molecule has 2 N–H and O–H groups in total. The van der Waals surface area contributed by atoms with E-state index < -0.39 is 6.04 Å². The van der Waals surface area contributed by atoms with Crippen molar-refractivity contribution in [3.05, 3.63) is 106 Å². The number of carbonyl (C=O) groups excluding carboxylic acids is 1. The zero-order valence-electron chi connectivity index (χ0n) is 20.7. The molecule has 1 unspecified atom stereocenters. The van der Waals surface area contributed by atoms with Gasteiger partial charge in [-0.1, -0.05) is 65.8 Å². The Hall–Kier alpha value is -3.75. The first-order valence-electron chi connectivity index (χ1n) is 11.8. The van der Waals surface area contributed by atoms with E-state index >= 15 is 0 Å². The first-order valence-corrected chi connectivity index (χ1v) is 13.1. The molecule has 0 spiro atoms. The van der Waals surface area contributed by atoms with Crippen molar-refractivity contribution < 1.29 is 9.53 Å². The second-order valence-corrected chi connectivity index (χ2v) is 10.1. The Kier molecular flexibility index (Phi) is 7.21. The number of halogens is 1. The van der Waals surface area contributed by atoms with Crippen LogP contribution in [0.25, 0.3) is 0 Å². The Morgan fingerprint density at radius 3 is 2.70 bits per heavy atom. The molecule has 0 radical (unpaired) electrons. The van der Waals surface area contributed by atoms with Gasteiger partial charge in [-0.3, -0.25) is 4.79 Å². The summed E-state index contributed by atoms with van der Waals surface area (Å²) in [6.45, 7) is 3.84. The Bertz CT molecular complexity index is 1500. The van der Waals surface area contributed by atoms with E-state index in [0.29, 0.717) is 33.2 Å². The van der Waals surface area contributed by atoms with Gasteiger partial charge >= 0.3 is 0 Å². The van der Waals surface area contributed by atoms with E-state index in [2.05, 4.69) is 10.6 Å². The Balaban J connectivity index is 1.48. The third-order valence-electron chi connectivity index (χ3n) is 6.14. The van der Waals surface area contributed by atoms with Gasteiger partial charge in [0.05, 0.1) is 12.7 Å². The number of fused-ring (bicyclic) bond motifs is 1. The lowest BCUT2D eigenvalue weighted by Gasteiger charge is -2.29. The van der Waals surface area contributed by atoms with Crippen LogP contribution in [0.5, 0.6) is 5.75 Å². The van der Waals surface area contributed by atoms with Crippen LogP contribution in [0.4, 0.5) is 11.6 Å². The zero-order valence-corrected chi connectivity index (χ0v) is 22.2. The predicted molar refractivity (Wildman–Crippen MR) is 148 cm³/mol. The number of methoxy groups -OCH3 is 1. The fraction of sp³-hybridized carbons (Fsp3) is 0.179. The highest BCUT2D eigenvalue weighted by Gasteiger charge is 2.34. The highest BCUT2D eigenvalue weighted by atomic mass is 35.5. The summed E-state index contributed by atoms with van der Waals surface area (Å²) >= 11 is 7.88. The summed E-state index contributed by atoms with van der Waals surface area (Å²) in [5, 5.41) is 12.3. The van der Waals surface area contributed by atoms with Gasteiger partial charge in [-0.15, -0.1) is 5.10 Å². The maximum absolute atomic E-state index is 13.7. The SMILES string of the molecule is COc1cccc(CSc2nc3n(n2)C(c2cccc(Cl)c2)C(C(=O)Nc2ccccc2C)=C(C)N3)c1. The maximum Gasteiger partial charge on any atom is 0.255 e. The first kappa shape index (κ1) is 24.9. The van der Waals surface area contributed by atoms with E-state index in [9.17, 15) is 4.79 Å². The molecule has 1 amide bonds. The maximum atomic E-state index is 13.7. The van der Waals surface area contributed by atoms with Crippen molar-refractivity contribution >= 4 is 40.9 Å². The highest BCUT2D eigenvalue weighted by Crippen LogP contribution is 2.38. The highest BCUT2D eigenvalue weighted by molar-refractivity contribution is 7.98. The number of anilines is 2. The summed E-state index contributed by atoms with van der Waals surface area (Å²) in [5.74, 6) is 1.84. The second kappa shape index (κ2) is 10.7. The number of para-hydroxylation sites is 1. The molecule has 1 aromatic heterocycles. The molecule has 0 bridgehead atoms. The molecule has 9 heteroatoms. The molecule has 1 aliphatic rings. The van der Waals surface area contributed by atoms with Gasteiger partial charge in [-0.25, -0.2) is 4.68 Å². The molecule has 1 aliphatic heterocycles. The largest absolute Gasteiger partial charge is 0.497 e. The first-order chi connectivity index (χ1) is 17.9. The van der Waals surface area contributed by atoms with Gasteiger partial charge in [0.15, 0.2) is 0 Å². The number of nitrogens with zero attached hydrogens (tertiary/aromatic N) is 3. The number of carbonyl (C=O) groups is 1. The third kappa shape index (κ3) is 5.35. The van der Waals surface area contributed by atoms with E-state index in [1.807, 2.05) is 86.6 Å². The van der Waals surface area contributed by atoms with Crippen LogP contribution in [0.3, 0.4) is 0 Å². The van der Waals surface area contributed by atoms with Crippen LogP contribution in [0, 0.1) is 6.92 Å². The van der Waals surface area contributed by atoms with Crippen LogP contribution in [-0.2, 0) is 10.5 Å². The van der Waals surface area contributed by atoms with Crippen LogP contribution in [0.2, 0.25) is 5.02 Å². The van der Waals surface area contributed by atoms with Crippen molar-refractivity contribution in [2.45, 2.75) is 30.8 Å².